The molecule has 0 saturated carbocycles. The predicted molar refractivity (Wildman–Crippen MR) is 74.6 cm³/mol. The predicted octanol–water partition coefficient (Wildman–Crippen LogP) is 2.44. The van der Waals surface area contributed by atoms with Crippen LogP contribution in [0.2, 0.25) is 0 Å². The number of carbonyl (C=O) groups excluding carboxylic acids is 1. The highest BCUT2D eigenvalue weighted by Crippen LogP contribution is 2.08. The van der Waals surface area contributed by atoms with Gasteiger partial charge in [0.15, 0.2) is 0 Å². The molecule has 0 aliphatic rings. The van der Waals surface area contributed by atoms with E-state index in [0.717, 1.165) is 17.5 Å². The molecule has 0 fully saturated rings. The lowest BCUT2D eigenvalue weighted by Crippen LogP contribution is -2.09. The lowest BCUT2D eigenvalue weighted by molar-refractivity contribution is -0.268. The van der Waals surface area contributed by atoms with E-state index >= 15 is 0 Å². The lowest BCUT2D eigenvalue weighted by Gasteiger charge is -2.08. The third kappa shape index (κ3) is 5.52. The topological polar surface area (TPSA) is 71.5 Å². The summed E-state index contributed by atoms with van der Waals surface area (Å²) in [6.07, 6.45) is 4.32. The third-order valence-corrected chi connectivity index (χ3v) is 2.83. The Labute approximate surface area is 123 Å². The Morgan fingerprint density at radius 3 is 2.62 bits per heavy atom. The van der Waals surface area contributed by atoms with Crippen molar-refractivity contribution in [3.8, 4) is 5.75 Å². The van der Waals surface area contributed by atoms with E-state index in [2.05, 4.69) is 4.98 Å². The van der Waals surface area contributed by atoms with E-state index in [1.165, 1.54) is 12.1 Å². The molecule has 5 nitrogen and oxygen atoms in total. The van der Waals surface area contributed by atoms with Crippen LogP contribution in [0.25, 0.3) is 0 Å². The van der Waals surface area contributed by atoms with E-state index in [4.69, 9.17) is 9.47 Å². The van der Waals surface area contributed by atoms with Gasteiger partial charge in [0.05, 0.1) is 6.61 Å². The van der Waals surface area contributed by atoms with Crippen molar-refractivity contribution in [2.24, 2.45) is 0 Å². The number of carbonyl (C=O) groups is 1. The van der Waals surface area contributed by atoms with Crippen molar-refractivity contribution in [2.75, 3.05) is 6.61 Å². The summed E-state index contributed by atoms with van der Waals surface area (Å²) in [5.41, 5.74) is 1.86. The number of hydrogen-bond acceptors (Lipinski definition) is 5. The molecule has 0 radical (unpaired) electrons. The van der Waals surface area contributed by atoms with E-state index in [1.807, 2.05) is 12.1 Å². The molecule has 5 heteroatoms. The molecule has 1 aromatic heterocycles. The highest BCUT2D eigenvalue weighted by atomic mass is 16.7. The molecule has 1 heterocycles. The maximum absolute atomic E-state index is 11.4. The fourth-order valence-corrected chi connectivity index (χ4v) is 1.75. The molecule has 0 aliphatic carbocycles. The second-order valence-corrected chi connectivity index (χ2v) is 4.50. The van der Waals surface area contributed by atoms with E-state index in [9.17, 15) is 9.90 Å². The smallest absolute Gasteiger partial charge is 0.508 e. The molecule has 21 heavy (non-hydrogen) atoms. The van der Waals surface area contributed by atoms with Crippen LogP contribution in [-0.2, 0) is 22.5 Å². The number of benzene rings is 1. The first-order chi connectivity index (χ1) is 10.2. The largest absolute Gasteiger partial charge is 0.872 e. The first kappa shape index (κ1) is 14.8. The zero-order valence-electron chi connectivity index (χ0n) is 11.5. The van der Waals surface area contributed by atoms with Crippen molar-refractivity contribution >= 4 is 6.16 Å². The van der Waals surface area contributed by atoms with E-state index in [-0.39, 0.29) is 12.4 Å². The molecule has 2 aromatic rings. The Kier molecular flexibility index (Phi) is 5.58. The van der Waals surface area contributed by atoms with Gasteiger partial charge in [0.25, 0.3) is 0 Å². The summed E-state index contributed by atoms with van der Waals surface area (Å²) in [4.78, 5) is 15.4. The minimum absolute atomic E-state index is 0.0725. The Morgan fingerprint density at radius 1 is 1.10 bits per heavy atom. The monoisotopic (exact) mass is 286 g/mol. The molecule has 0 atom stereocenters. The van der Waals surface area contributed by atoms with Gasteiger partial charge in [0.2, 0.25) is 0 Å². The Balaban J connectivity index is 1.60. The van der Waals surface area contributed by atoms with Gasteiger partial charge in [0.1, 0.15) is 6.61 Å². The average Bonchev–Trinajstić information content (AvgIpc) is 2.52. The van der Waals surface area contributed by atoms with E-state index < -0.39 is 6.16 Å². The number of pyridine rings is 1. The van der Waals surface area contributed by atoms with Crippen molar-refractivity contribution < 1.29 is 19.4 Å². The zero-order chi connectivity index (χ0) is 14.9. The van der Waals surface area contributed by atoms with Crippen molar-refractivity contribution in [2.45, 2.75) is 19.4 Å². The van der Waals surface area contributed by atoms with Crippen LogP contribution in [-0.4, -0.2) is 17.7 Å². The molecule has 0 N–H and O–H groups in total. The molecule has 0 unspecified atom stereocenters. The number of aromatic nitrogens is 1. The van der Waals surface area contributed by atoms with Crippen LogP contribution in [0, 0.1) is 0 Å². The van der Waals surface area contributed by atoms with Gasteiger partial charge in [-0.25, -0.2) is 4.79 Å². The van der Waals surface area contributed by atoms with Gasteiger partial charge in [-0.05, 0) is 30.0 Å². The SMILES string of the molecule is O=C(OCCCc1cccnc1)OCc1ccc([O-])cc1. The molecule has 0 bridgehead atoms. The Bertz CT molecular complexity index is 554. The maximum Gasteiger partial charge on any atom is 0.508 e. The normalized spacial score (nSPS) is 10.1. The molecular formula is C16H16NO4-. The van der Waals surface area contributed by atoms with Crippen LogP contribution in [0.15, 0.2) is 48.8 Å². The third-order valence-electron chi connectivity index (χ3n) is 2.83. The van der Waals surface area contributed by atoms with E-state index in [1.54, 1.807) is 24.5 Å². The number of nitrogens with zero attached hydrogens (tertiary/aromatic N) is 1. The molecule has 0 spiro atoms. The molecule has 110 valence electrons. The van der Waals surface area contributed by atoms with Gasteiger partial charge in [0, 0.05) is 12.4 Å². The highest BCUT2D eigenvalue weighted by molar-refractivity contribution is 5.59. The highest BCUT2D eigenvalue weighted by Gasteiger charge is 2.04. The van der Waals surface area contributed by atoms with E-state index in [0.29, 0.717) is 13.0 Å². The van der Waals surface area contributed by atoms with Gasteiger partial charge in [-0.3, -0.25) is 4.98 Å². The summed E-state index contributed by atoms with van der Waals surface area (Å²) in [6.45, 7) is 0.398. The minimum Gasteiger partial charge on any atom is -0.872 e. The van der Waals surface area contributed by atoms with Crippen LogP contribution in [0.3, 0.4) is 0 Å². The number of aryl methyl sites for hydroxylation is 1. The number of hydrogen-bond donors (Lipinski definition) is 0. The van der Waals surface area contributed by atoms with Crippen LogP contribution >= 0.6 is 0 Å². The van der Waals surface area contributed by atoms with Crippen LogP contribution < -0.4 is 5.11 Å². The molecule has 1 aromatic carbocycles. The van der Waals surface area contributed by atoms with Crippen molar-refractivity contribution in [3.05, 3.63) is 59.9 Å². The van der Waals surface area contributed by atoms with Gasteiger partial charge in [-0.2, -0.15) is 0 Å². The summed E-state index contributed by atoms with van der Waals surface area (Å²) < 4.78 is 9.91. The molecular weight excluding hydrogens is 270 g/mol. The molecule has 0 aliphatic heterocycles. The first-order valence-corrected chi connectivity index (χ1v) is 6.68. The van der Waals surface area contributed by atoms with Gasteiger partial charge < -0.3 is 14.6 Å². The molecule has 0 saturated heterocycles. The Morgan fingerprint density at radius 2 is 1.90 bits per heavy atom. The molecule has 2 rings (SSSR count). The standard InChI is InChI=1S/C16H17NO4/c18-15-7-5-14(6-8-15)12-21-16(19)20-10-2-4-13-3-1-9-17-11-13/h1,3,5-9,11,18H,2,4,10,12H2/p-1. The fourth-order valence-electron chi connectivity index (χ4n) is 1.75. The quantitative estimate of drug-likeness (QED) is 0.602. The summed E-state index contributed by atoms with van der Waals surface area (Å²) in [5, 5.41) is 10.9. The first-order valence-electron chi connectivity index (χ1n) is 6.68. The number of rotatable bonds is 6. The number of ether oxygens (including phenoxy) is 2. The van der Waals surface area contributed by atoms with Gasteiger partial charge in [-0.1, -0.05) is 30.3 Å². The lowest BCUT2D eigenvalue weighted by atomic mass is 10.2. The van der Waals surface area contributed by atoms with Crippen LogP contribution in [0.1, 0.15) is 17.5 Å². The zero-order valence-corrected chi connectivity index (χ0v) is 11.5. The molecule has 0 amide bonds. The fraction of sp³-hybridized carbons (Fsp3) is 0.250. The maximum atomic E-state index is 11.4. The van der Waals surface area contributed by atoms with Gasteiger partial charge >= 0.3 is 6.16 Å². The second kappa shape index (κ2) is 7.89. The van der Waals surface area contributed by atoms with Crippen LogP contribution in [0.4, 0.5) is 4.79 Å². The summed E-state index contributed by atoms with van der Waals surface area (Å²) in [5.74, 6) is -0.0725. The van der Waals surface area contributed by atoms with Crippen molar-refractivity contribution in [3.63, 3.8) is 0 Å². The Hall–Kier alpha value is -2.56. The average molecular weight is 286 g/mol. The second-order valence-electron chi connectivity index (χ2n) is 4.50. The van der Waals surface area contributed by atoms with Crippen molar-refractivity contribution in [1.82, 2.24) is 4.98 Å². The van der Waals surface area contributed by atoms with Crippen LogP contribution in [0.5, 0.6) is 5.75 Å². The van der Waals surface area contributed by atoms with Gasteiger partial charge in [-0.15, -0.1) is 5.75 Å². The van der Waals surface area contributed by atoms with Crippen molar-refractivity contribution in [1.29, 1.82) is 0 Å². The summed E-state index contributed by atoms with van der Waals surface area (Å²) >= 11 is 0. The summed E-state index contributed by atoms with van der Waals surface area (Å²) in [7, 11) is 0. The minimum atomic E-state index is -0.701. The summed E-state index contributed by atoms with van der Waals surface area (Å²) in [6, 6.07) is 9.95.